The number of anilines is 1. The quantitative estimate of drug-likeness (QED) is 0.692. The van der Waals surface area contributed by atoms with E-state index in [0.29, 0.717) is 17.3 Å². The SMILES string of the molecule is CCC(CC)N1C(=O)Cc2c1cc(C)nc2Oc1c(C)cc(Cl)cc1C. The molecule has 1 aliphatic rings. The summed E-state index contributed by atoms with van der Waals surface area (Å²) < 4.78 is 6.21. The first-order valence-electron chi connectivity index (χ1n) is 9.12. The van der Waals surface area contributed by atoms with Gasteiger partial charge in [-0.1, -0.05) is 25.4 Å². The number of aryl methyl sites for hydroxylation is 3. The van der Waals surface area contributed by atoms with E-state index in [2.05, 4.69) is 18.8 Å². The molecule has 0 bridgehead atoms. The Labute approximate surface area is 160 Å². The third-order valence-electron chi connectivity index (χ3n) is 4.98. The Hall–Kier alpha value is -2.07. The molecular weight excluding hydrogens is 348 g/mol. The van der Waals surface area contributed by atoms with E-state index < -0.39 is 0 Å². The molecule has 0 atom stereocenters. The summed E-state index contributed by atoms with van der Waals surface area (Å²) in [5.74, 6) is 1.40. The molecule has 26 heavy (non-hydrogen) atoms. The third kappa shape index (κ3) is 3.30. The average Bonchev–Trinajstić information content (AvgIpc) is 2.89. The molecule has 5 heteroatoms. The van der Waals surface area contributed by atoms with Gasteiger partial charge in [0.15, 0.2) is 0 Å². The molecule has 0 unspecified atom stereocenters. The number of hydrogen-bond acceptors (Lipinski definition) is 3. The number of hydrogen-bond donors (Lipinski definition) is 0. The van der Waals surface area contributed by atoms with E-state index in [-0.39, 0.29) is 11.9 Å². The highest BCUT2D eigenvalue weighted by Gasteiger charge is 2.35. The van der Waals surface area contributed by atoms with E-state index in [1.54, 1.807) is 0 Å². The molecule has 0 aliphatic carbocycles. The zero-order valence-electron chi connectivity index (χ0n) is 16.0. The summed E-state index contributed by atoms with van der Waals surface area (Å²) in [5, 5.41) is 0.685. The van der Waals surface area contributed by atoms with E-state index in [1.807, 2.05) is 43.9 Å². The largest absolute Gasteiger partial charge is 0.438 e. The van der Waals surface area contributed by atoms with Gasteiger partial charge in [0, 0.05) is 22.3 Å². The molecule has 0 saturated heterocycles. The van der Waals surface area contributed by atoms with Crippen molar-refractivity contribution in [3.8, 4) is 11.6 Å². The van der Waals surface area contributed by atoms with Gasteiger partial charge in [0.25, 0.3) is 0 Å². The molecule has 4 nitrogen and oxygen atoms in total. The Morgan fingerprint density at radius 1 is 1.15 bits per heavy atom. The number of ether oxygens (including phenoxy) is 1. The van der Waals surface area contributed by atoms with Crippen LogP contribution in [0.15, 0.2) is 18.2 Å². The maximum absolute atomic E-state index is 12.7. The predicted octanol–water partition coefficient (Wildman–Crippen LogP) is 5.53. The van der Waals surface area contributed by atoms with Crippen LogP contribution in [0.25, 0.3) is 0 Å². The van der Waals surface area contributed by atoms with Crippen molar-refractivity contribution in [3.05, 3.63) is 45.6 Å². The molecule has 1 aromatic heterocycles. The minimum absolute atomic E-state index is 0.121. The highest BCUT2D eigenvalue weighted by atomic mass is 35.5. The lowest BCUT2D eigenvalue weighted by Gasteiger charge is -2.27. The number of halogens is 1. The van der Waals surface area contributed by atoms with Crippen LogP contribution in [0.1, 0.15) is 49.1 Å². The molecule has 0 N–H and O–H groups in total. The van der Waals surface area contributed by atoms with Crippen molar-refractivity contribution in [3.63, 3.8) is 0 Å². The molecule has 0 radical (unpaired) electrons. The van der Waals surface area contributed by atoms with E-state index in [9.17, 15) is 4.79 Å². The van der Waals surface area contributed by atoms with Gasteiger partial charge in [0.05, 0.1) is 12.1 Å². The highest BCUT2D eigenvalue weighted by Crippen LogP contribution is 2.40. The van der Waals surface area contributed by atoms with Gasteiger partial charge in [-0.2, -0.15) is 0 Å². The Kier molecular flexibility index (Phi) is 5.24. The molecule has 138 valence electrons. The maximum atomic E-state index is 12.7. The predicted molar refractivity (Wildman–Crippen MR) is 106 cm³/mol. The fourth-order valence-electron chi connectivity index (χ4n) is 3.70. The second kappa shape index (κ2) is 7.28. The molecule has 1 aromatic carbocycles. The number of nitrogens with zero attached hydrogens (tertiary/aromatic N) is 2. The second-order valence-electron chi connectivity index (χ2n) is 6.95. The highest BCUT2D eigenvalue weighted by molar-refractivity contribution is 6.30. The fraction of sp³-hybridized carbons (Fsp3) is 0.429. The molecule has 1 aliphatic heterocycles. The average molecular weight is 373 g/mol. The minimum Gasteiger partial charge on any atom is -0.438 e. The van der Waals surface area contributed by atoms with Gasteiger partial charge in [-0.25, -0.2) is 4.98 Å². The summed E-state index contributed by atoms with van der Waals surface area (Å²) >= 11 is 6.13. The number of aromatic nitrogens is 1. The zero-order chi connectivity index (χ0) is 19.0. The van der Waals surface area contributed by atoms with Crippen LogP contribution < -0.4 is 9.64 Å². The number of carbonyl (C=O) groups excluding carboxylic acids is 1. The smallest absolute Gasteiger partial charge is 0.231 e. The van der Waals surface area contributed by atoms with Gasteiger partial charge in [-0.15, -0.1) is 0 Å². The number of carbonyl (C=O) groups is 1. The molecule has 1 amide bonds. The van der Waals surface area contributed by atoms with Crippen LogP contribution in [0, 0.1) is 20.8 Å². The van der Waals surface area contributed by atoms with Crippen molar-refractivity contribution in [1.82, 2.24) is 4.98 Å². The molecule has 0 fully saturated rings. The zero-order valence-corrected chi connectivity index (χ0v) is 16.8. The Morgan fingerprint density at radius 2 is 1.77 bits per heavy atom. The summed E-state index contributed by atoms with van der Waals surface area (Å²) in [6.07, 6.45) is 2.18. The summed E-state index contributed by atoms with van der Waals surface area (Å²) in [5.41, 5.74) is 4.56. The number of rotatable bonds is 5. The van der Waals surface area contributed by atoms with Crippen LogP contribution in [0.4, 0.5) is 5.69 Å². The van der Waals surface area contributed by atoms with Gasteiger partial charge < -0.3 is 9.64 Å². The molecule has 2 heterocycles. The topological polar surface area (TPSA) is 42.4 Å². The Bertz CT molecular complexity index is 836. The first-order valence-corrected chi connectivity index (χ1v) is 9.50. The van der Waals surface area contributed by atoms with Crippen molar-refractivity contribution in [2.75, 3.05) is 4.90 Å². The summed E-state index contributed by atoms with van der Waals surface area (Å²) in [6, 6.07) is 5.95. The number of benzene rings is 1. The molecule has 0 spiro atoms. The van der Waals surface area contributed by atoms with Crippen LogP contribution in [-0.4, -0.2) is 16.9 Å². The van der Waals surface area contributed by atoms with Gasteiger partial charge in [0.2, 0.25) is 11.8 Å². The van der Waals surface area contributed by atoms with E-state index >= 15 is 0 Å². The van der Waals surface area contributed by atoms with Gasteiger partial charge in [-0.05, 0) is 62.9 Å². The Balaban J connectivity index is 2.07. The van der Waals surface area contributed by atoms with Crippen LogP contribution in [-0.2, 0) is 11.2 Å². The van der Waals surface area contributed by atoms with Crippen LogP contribution in [0.5, 0.6) is 11.6 Å². The summed E-state index contributed by atoms with van der Waals surface area (Å²) in [6.45, 7) is 10.1. The molecular formula is C21H25ClN2O2. The van der Waals surface area contributed by atoms with Gasteiger partial charge in [0.1, 0.15) is 5.75 Å². The van der Waals surface area contributed by atoms with Crippen molar-refractivity contribution in [2.45, 2.75) is 59.9 Å². The minimum atomic E-state index is 0.121. The van der Waals surface area contributed by atoms with Crippen molar-refractivity contribution >= 4 is 23.2 Å². The van der Waals surface area contributed by atoms with Gasteiger partial charge in [-0.3, -0.25) is 4.79 Å². The molecule has 0 saturated carbocycles. The maximum Gasteiger partial charge on any atom is 0.231 e. The standard InChI is InChI=1S/C21H25ClN2O2/c1-6-16(7-2)24-18-10-14(5)23-21(17(18)11-19(24)25)26-20-12(3)8-15(22)9-13(20)4/h8-10,16H,6-7,11H2,1-5H3. The normalized spacial score (nSPS) is 13.5. The fourth-order valence-corrected chi connectivity index (χ4v) is 4.03. The number of amides is 1. The lowest BCUT2D eigenvalue weighted by atomic mass is 10.1. The molecule has 2 aromatic rings. The summed E-state index contributed by atoms with van der Waals surface area (Å²) in [4.78, 5) is 19.2. The third-order valence-corrected chi connectivity index (χ3v) is 5.20. The lowest BCUT2D eigenvalue weighted by Crippen LogP contribution is -2.37. The lowest BCUT2D eigenvalue weighted by molar-refractivity contribution is -0.117. The van der Waals surface area contributed by atoms with E-state index in [0.717, 1.165) is 46.7 Å². The van der Waals surface area contributed by atoms with E-state index in [4.69, 9.17) is 16.3 Å². The number of fused-ring (bicyclic) bond motifs is 1. The van der Waals surface area contributed by atoms with Crippen molar-refractivity contribution in [1.29, 1.82) is 0 Å². The number of pyridine rings is 1. The van der Waals surface area contributed by atoms with E-state index in [1.165, 1.54) is 0 Å². The first kappa shape index (κ1) is 18.7. The van der Waals surface area contributed by atoms with Crippen molar-refractivity contribution < 1.29 is 9.53 Å². The van der Waals surface area contributed by atoms with Crippen LogP contribution >= 0.6 is 11.6 Å². The Morgan fingerprint density at radius 3 is 2.35 bits per heavy atom. The van der Waals surface area contributed by atoms with Gasteiger partial charge >= 0.3 is 0 Å². The van der Waals surface area contributed by atoms with Crippen LogP contribution in [0.3, 0.4) is 0 Å². The second-order valence-corrected chi connectivity index (χ2v) is 7.38. The van der Waals surface area contributed by atoms with Crippen molar-refractivity contribution in [2.24, 2.45) is 0 Å². The molecule has 3 rings (SSSR count). The van der Waals surface area contributed by atoms with Crippen LogP contribution in [0.2, 0.25) is 5.02 Å². The first-order chi connectivity index (χ1) is 12.3. The summed E-state index contributed by atoms with van der Waals surface area (Å²) in [7, 11) is 0. The monoisotopic (exact) mass is 372 g/mol.